The predicted octanol–water partition coefficient (Wildman–Crippen LogP) is 2.78. The maximum absolute atomic E-state index is 11.6. The zero-order valence-electron chi connectivity index (χ0n) is 17.6. The summed E-state index contributed by atoms with van der Waals surface area (Å²) in [6, 6.07) is 16.2. The van der Waals surface area contributed by atoms with Crippen LogP contribution >= 0.6 is 0 Å². The van der Waals surface area contributed by atoms with Crippen LogP contribution in [0.4, 0.5) is 0 Å². The van der Waals surface area contributed by atoms with E-state index in [4.69, 9.17) is 5.11 Å². The van der Waals surface area contributed by atoms with E-state index in [0.29, 0.717) is 0 Å². The second-order valence-corrected chi connectivity index (χ2v) is 7.34. The number of benzene rings is 2. The number of nitrogens with one attached hydrogen (secondary N) is 3. The van der Waals surface area contributed by atoms with E-state index in [2.05, 4.69) is 40.3 Å². The van der Waals surface area contributed by atoms with Gasteiger partial charge in [-0.2, -0.15) is 5.48 Å². The Morgan fingerprint density at radius 3 is 2.65 bits per heavy atom. The average Bonchev–Trinajstić information content (AvgIpc) is 3.09. The average molecular weight is 421 g/mol. The Bertz CT molecular complexity index is 1070. The topological polar surface area (TPSA) is 103 Å². The molecule has 3 aromatic rings. The molecule has 162 valence electrons. The van der Waals surface area contributed by atoms with Crippen LogP contribution in [0.2, 0.25) is 0 Å². The summed E-state index contributed by atoms with van der Waals surface area (Å²) < 4.78 is 0. The number of hydrogen-bond acceptors (Lipinski definition) is 5. The smallest absolute Gasteiger partial charge is 0.360 e. The Labute approximate surface area is 181 Å². The van der Waals surface area contributed by atoms with E-state index < -0.39 is 18.0 Å². The number of hydrogen-bond donors (Lipinski definition) is 4. The third-order valence-electron chi connectivity index (χ3n) is 4.91. The fourth-order valence-corrected chi connectivity index (χ4v) is 3.24. The Kier molecular flexibility index (Phi) is 7.59. The van der Waals surface area contributed by atoms with Crippen molar-refractivity contribution in [2.45, 2.75) is 32.9 Å². The van der Waals surface area contributed by atoms with Crippen molar-refractivity contribution in [2.75, 3.05) is 6.54 Å². The van der Waals surface area contributed by atoms with Crippen molar-refractivity contribution in [3.05, 3.63) is 77.0 Å². The number of aryl methyl sites for hydroxylation is 1. The SMILES string of the molecule is Cc1[nH]c2ccccc2c1CCNCc1ccc(/C=C/C(=O)NOC(=O)C(C)O)cc1. The first kappa shape index (κ1) is 22.3. The number of amides is 1. The number of aliphatic hydroxyl groups is 1. The first-order valence-corrected chi connectivity index (χ1v) is 10.2. The van der Waals surface area contributed by atoms with Gasteiger partial charge in [-0.3, -0.25) is 4.79 Å². The zero-order valence-corrected chi connectivity index (χ0v) is 17.6. The number of carbonyl (C=O) groups excluding carboxylic acids is 2. The monoisotopic (exact) mass is 421 g/mol. The summed E-state index contributed by atoms with van der Waals surface area (Å²) >= 11 is 0. The predicted molar refractivity (Wildman–Crippen MR) is 120 cm³/mol. The van der Waals surface area contributed by atoms with E-state index in [9.17, 15) is 9.59 Å². The van der Waals surface area contributed by atoms with Gasteiger partial charge in [0.05, 0.1) is 0 Å². The van der Waals surface area contributed by atoms with Crippen LogP contribution in [-0.4, -0.2) is 34.6 Å². The number of para-hydroxylation sites is 1. The van der Waals surface area contributed by atoms with Gasteiger partial charge < -0.3 is 20.2 Å². The Hall–Kier alpha value is -3.42. The summed E-state index contributed by atoms with van der Waals surface area (Å²) in [6.07, 6.45) is 2.52. The van der Waals surface area contributed by atoms with Crippen LogP contribution in [0.25, 0.3) is 17.0 Å². The highest BCUT2D eigenvalue weighted by Gasteiger charge is 2.11. The molecule has 0 radical (unpaired) electrons. The number of H-pyrrole nitrogens is 1. The lowest BCUT2D eigenvalue weighted by atomic mass is 10.1. The minimum absolute atomic E-state index is 0.590. The maximum Gasteiger partial charge on any atom is 0.360 e. The molecule has 0 aliphatic heterocycles. The molecule has 7 heteroatoms. The number of carbonyl (C=O) groups is 2. The molecular weight excluding hydrogens is 394 g/mol. The molecule has 7 nitrogen and oxygen atoms in total. The number of fused-ring (bicyclic) bond motifs is 1. The van der Waals surface area contributed by atoms with Crippen molar-refractivity contribution in [1.82, 2.24) is 15.8 Å². The highest BCUT2D eigenvalue weighted by Crippen LogP contribution is 2.21. The molecule has 0 bridgehead atoms. The molecule has 3 rings (SSSR count). The van der Waals surface area contributed by atoms with Crippen LogP contribution in [0, 0.1) is 6.92 Å². The number of rotatable bonds is 8. The standard InChI is InChI=1S/C24H27N3O4/c1-16-20(21-5-3-4-6-22(21)26-16)13-14-25-15-19-9-7-18(8-10-19)11-12-23(29)27-31-24(30)17(2)28/h3-12,17,25-26,28H,13-15H2,1-2H3,(H,27,29)/b12-11+. The molecule has 2 aromatic carbocycles. The highest BCUT2D eigenvalue weighted by atomic mass is 16.7. The largest absolute Gasteiger partial charge is 0.382 e. The Morgan fingerprint density at radius 1 is 1.16 bits per heavy atom. The van der Waals surface area contributed by atoms with Gasteiger partial charge in [-0.25, -0.2) is 4.79 Å². The minimum atomic E-state index is -1.29. The third kappa shape index (κ3) is 6.28. The van der Waals surface area contributed by atoms with Crippen molar-refractivity contribution in [2.24, 2.45) is 0 Å². The number of hydroxylamine groups is 1. The number of aliphatic hydroxyl groups excluding tert-OH is 1. The summed E-state index contributed by atoms with van der Waals surface area (Å²) in [5.74, 6) is -1.51. The fourth-order valence-electron chi connectivity index (χ4n) is 3.24. The molecule has 1 unspecified atom stereocenters. The van der Waals surface area contributed by atoms with Gasteiger partial charge in [-0.1, -0.05) is 42.5 Å². The van der Waals surface area contributed by atoms with Crippen LogP contribution in [-0.2, 0) is 27.4 Å². The van der Waals surface area contributed by atoms with Crippen molar-refractivity contribution in [1.29, 1.82) is 0 Å². The third-order valence-corrected chi connectivity index (χ3v) is 4.91. The van der Waals surface area contributed by atoms with Gasteiger partial charge in [-0.05, 0) is 55.6 Å². The number of aromatic nitrogens is 1. The molecule has 0 saturated heterocycles. The van der Waals surface area contributed by atoms with Crippen LogP contribution in [0.5, 0.6) is 0 Å². The van der Waals surface area contributed by atoms with E-state index in [1.54, 1.807) is 6.08 Å². The van der Waals surface area contributed by atoms with Gasteiger partial charge in [0.15, 0.2) is 6.10 Å². The van der Waals surface area contributed by atoms with Crippen molar-refractivity contribution in [3.8, 4) is 0 Å². The minimum Gasteiger partial charge on any atom is -0.382 e. The van der Waals surface area contributed by atoms with Gasteiger partial charge >= 0.3 is 5.97 Å². The molecular formula is C24H27N3O4. The zero-order chi connectivity index (χ0) is 22.2. The van der Waals surface area contributed by atoms with Crippen molar-refractivity contribution in [3.63, 3.8) is 0 Å². The lowest BCUT2D eigenvalue weighted by Gasteiger charge is -2.06. The van der Waals surface area contributed by atoms with Crippen LogP contribution in [0.1, 0.15) is 29.3 Å². The van der Waals surface area contributed by atoms with Crippen LogP contribution in [0.3, 0.4) is 0 Å². The summed E-state index contributed by atoms with van der Waals surface area (Å²) in [5.41, 5.74) is 7.68. The molecule has 4 N–H and O–H groups in total. The van der Waals surface area contributed by atoms with E-state index in [1.165, 1.54) is 35.2 Å². The second-order valence-electron chi connectivity index (χ2n) is 7.34. The Morgan fingerprint density at radius 2 is 1.90 bits per heavy atom. The lowest BCUT2D eigenvalue weighted by molar-refractivity contribution is -0.164. The first-order chi connectivity index (χ1) is 14.9. The fraction of sp³-hybridized carbons (Fsp3) is 0.250. The Balaban J connectivity index is 1.43. The lowest BCUT2D eigenvalue weighted by Crippen LogP contribution is -2.30. The van der Waals surface area contributed by atoms with Gasteiger partial charge in [0, 0.05) is 29.2 Å². The summed E-state index contributed by atoms with van der Waals surface area (Å²) in [5, 5.41) is 13.8. The van der Waals surface area contributed by atoms with Crippen molar-refractivity contribution < 1.29 is 19.5 Å². The highest BCUT2D eigenvalue weighted by molar-refractivity contribution is 5.92. The summed E-state index contributed by atoms with van der Waals surface area (Å²) in [6.45, 7) is 4.99. The molecule has 0 aliphatic carbocycles. The van der Waals surface area contributed by atoms with Crippen LogP contribution < -0.4 is 10.8 Å². The number of aromatic amines is 1. The summed E-state index contributed by atoms with van der Waals surface area (Å²) in [7, 11) is 0. The molecule has 0 fully saturated rings. The molecule has 1 heterocycles. The van der Waals surface area contributed by atoms with E-state index in [0.717, 1.165) is 30.6 Å². The van der Waals surface area contributed by atoms with Crippen LogP contribution in [0.15, 0.2) is 54.6 Å². The molecule has 0 saturated carbocycles. The summed E-state index contributed by atoms with van der Waals surface area (Å²) in [4.78, 5) is 30.6. The molecule has 1 aromatic heterocycles. The van der Waals surface area contributed by atoms with Gasteiger partial charge in [-0.15, -0.1) is 0 Å². The maximum atomic E-state index is 11.6. The molecule has 0 spiro atoms. The molecule has 1 amide bonds. The van der Waals surface area contributed by atoms with E-state index in [1.807, 2.05) is 35.8 Å². The molecule has 0 aliphatic rings. The van der Waals surface area contributed by atoms with Crippen molar-refractivity contribution >= 4 is 28.9 Å². The van der Waals surface area contributed by atoms with Gasteiger partial charge in [0.2, 0.25) is 0 Å². The van der Waals surface area contributed by atoms with E-state index >= 15 is 0 Å². The van der Waals surface area contributed by atoms with E-state index in [-0.39, 0.29) is 0 Å². The van der Waals surface area contributed by atoms with Gasteiger partial charge in [0.25, 0.3) is 5.91 Å². The molecule has 1 atom stereocenters. The van der Waals surface area contributed by atoms with Gasteiger partial charge in [0.1, 0.15) is 0 Å². The normalized spacial score (nSPS) is 12.2. The first-order valence-electron chi connectivity index (χ1n) is 10.2. The quantitative estimate of drug-likeness (QED) is 0.254. The second kappa shape index (κ2) is 10.6. The molecule has 31 heavy (non-hydrogen) atoms.